The SMILES string of the molecule is CC1(C)C(c2ccco2)=[N+]([O-])C(c2ccccc2)N1O. The highest BCUT2D eigenvalue weighted by molar-refractivity contribution is 6.02. The molecule has 2 aromatic rings. The van der Waals surface area contributed by atoms with Gasteiger partial charge in [-0.1, -0.05) is 30.3 Å². The molecule has 2 heterocycles. The largest absolute Gasteiger partial charge is 0.622 e. The summed E-state index contributed by atoms with van der Waals surface area (Å²) in [5.41, 5.74) is 0.318. The van der Waals surface area contributed by atoms with E-state index in [4.69, 9.17) is 4.42 Å². The van der Waals surface area contributed by atoms with Crippen molar-refractivity contribution < 1.29 is 14.4 Å². The lowest BCUT2D eigenvalue weighted by molar-refractivity contribution is -0.545. The maximum Gasteiger partial charge on any atom is 0.268 e. The van der Waals surface area contributed by atoms with Crippen molar-refractivity contribution in [3.8, 4) is 0 Å². The molecule has 20 heavy (non-hydrogen) atoms. The van der Waals surface area contributed by atoms with Crippen molar-refractivity contribution in [3.05, 3.63) is 65.3 Å². The second-order valence-electron chi connectivity index (χ2n) is 5.34. The highest BCUT2D eigenvalue weighted by Gasteiger charge is 2.53. The number of hydrogen-bond acceptors (Lipinski definition) is 4. The minimum atomic E-state index is -0.833. The van der Waals surface area contributed by atoms with E-state index in [-0.39, 0.29) is 0 Å². The standard InChI is InChI=1S/C15H16N2O3/c1-15(2)13(12-9-6-10-20-12)16(18)14(17(15)19)11-7-4-3-5-8-11/h3-10,14,19H,1-2H3. The lowest BCUT2D eigenvalue weighted by Gasteiger charge is -2.25. The molecule has 1 atom stereocenters. The van der Waals surface area contributed by atoms with E-state index in [1.807, 2.05) is 30.3 Å². The number of nitrogens with zero attached hydrogens (tertiary/aromatic N) is 2. The lowest BCUT2D eigenvalue weighted by Crippen LogP contribution is -2.44. The van der Waals surface area contributed by atoms with Gasteiger partial charge in [0.05, 0.1) is 6.26 Å². The molecule has 1 aliphatic rings. The van der Waals surface area contributed by atoms with E-state index in [2.05, 4.69) is 0 Å². The third-order valence-electron chi connectivity index (χ3n) is 3.68. The molecule has 1 unspecified atom stereocenters. The van der Waals surface area contributed by atoms with Gasteiger partial charge in [-0.05, 0) is 26.0 Å². The summed E-state index contributed by atoms with van der Waals surface area (Å²) in [5, 5.41) is 24.2. The molecule has 0 aliphatic carbocycles. The summed E-state index contributed by atoms with van der Waals surface area (Å²) >= 11 is 0. The molecule has 0 saturated heterocycles. The number of benzene rings is 1. The fourth-order valence-electron chi connectivity index (χ4n) is 2.63. The van der Waals surface area contributed by atoms with E-state index in [1.54, 1.807) is 26.0 Å². The summed E-state index contributed by atoms with van der Waals surface area (Å²) in [6.45, 7) is 3.58. The van der Waals surface area contributed by atoms with E-state index in [1.165, 1.54) is 6.26 Å². The summed E-state index contributed by atoms with van der Waals surface area (Å²) in [4.78, 5) is 0. The molecule has 0 fully saturated rings. The van der Waals surface area contributed by atoms with Crippen LogP contribution in [0.1, 0.15) is 31.3 Å². The fraction of sp³-hybridized carbons (Fsp3) is 0.267. The van der Waals surface area contributed by atoms with Gasteiger partial charge in [0.15, 0.2) is 5.76 Å². The molecule has 0 saturated carbocycles. The molecule has 0 bridgehead atoms. The zero-order valence-corrected chi connectivity index (χ0v) is 11.4. The van der Waals surface area contributed by atoms with Crippen LogP contribution in [-0.2, 0) is 0 Å². The molecule has 1 N–H and O–H groups in total. The molecule has 3 rings (SSSR count). The maximum atomic E-state index is 12.6. The van der Waals surface area contributed by atoms with E-state index in [9.17, 15) is 10.4 Å². The Labute approximate surface area is 116 Å². The van der Waals surface area contributed by atoms with Gasteiger partial charge in [-0.3, -0.25) is 0 Å². The molecule has 1 aliphatic heterocycles. The van der Waals surface area contributed by atoms with Crippen molar-refractivity contribution in [1.29, 1.82) is 0 Å². The second kappa shape index (κ2) is 4.47. The van der Waals surface area contributed by atoms with E-state index in [0.717, 1.165) is 15.4 Å². The Hall–Kier alpha value is -2.11. The quantitative estimate of drug-likeness (QED) is 0.674. The maximum absolute atomic E-state index is 12.6. The van der Waals surface area contributed by atoms with Gasteiger partial charge in [-0.2, -0.15) is 4.74 Å². The molecule has 1 aromatic carbocycles. The van der Waals surface area contributed by atoms with Gasteiger partial charge in [-0.25, -0.2) is 0 Å². The molecule has 0 radical (unpaired) electrons. The van der Waals surface area contributed by atoms with Gasteiger partial charge in [-0.15, -0.1) is 5.06 Å². The van der Waals surface area contributed by atoms with Crippen molar-refractivity contribution >= 4 is 5.71 Å². The van der Waals surface area contributed by atoms with Gasteiger partial charge < -0.3 is 14.8 Å². The number of hydroxylamine groups is 3. The highest BCUT2D eigenvalue weighted by Crippen LogP contribution is 2.36. The van der Waals surface area contributed by atoms with Gasteiger partial charge in [0.2, 0.25) is 0 Å². The van der Waals surface area contributed by atoms with Crippen LogP contribution in [0.15, 0.2) is 53.1 Å². The molecule has 1 aromatic heterocycles. The Balaban J connectivity index is 2.14. The van der Waals surface area contributed by atoms with Crippen LogP contribution in [0.4, 0.5) is 0 Å². The van der Waals surface area contributed by atoms with Crippen LogP contribution in [0.25, 0.3) is 0 Å². The van der Waals surface area contributed by atoms with Gasteiger partial charge in [0, 0.05) is 5.56 Å². The van der Waals surface area contributed by atoms with E-state index >= 15 is 0 Å². The summed E-state index contributed by atoms with van der Waals surface area (Å²) in [5.74, 6) is 0.475. The predicted molar refractivity (Wildman–Crippen MR) is 73.3 cm³/mol. The topological polar surface area (TPSA) is 62.7 Å². The van der Waals surface area contributed by atoms with Crippen LogP contribution < -0.4 is 0 Å². The zero-order valence-electron chi connectivity index (χ0n) is 11.4. The third-order valence-corrected chi connectivity index (χ3v) is 3.68. The van der Waals surface area contributed by atoms with Crippen LogP contribution in [0.2, 0.25) is 0 Å². The summed E-state index contributed by atoms with van der Waals surface area (Å²) in [6.07, 6.45) is 0.746. The molecule has 0 amide bonds. The van der Waals surface area contributed by atoms with Gasteiger partial charge in [0.25, 0.3) is 11.9 Å². The first-order chi connectivity index (χ1) is 9.53. The smallest absolute Gasteiger partial charge is 0.268 e. The number of hydrogen-bond donors (Lipinski definition) is 1. The van der Waals surface area contributed by atoms with Gasteiger partial charge >= 0.3 is 0 Å². The average Bonchev–Trinajstić information content (AvgIpc) is 2.98. The van der Waals surface area contributed by atoms with Crippen LogP contribution in [0.3, 0.4) is 0 Å². The summed E-state index contributed by atoms with van der Waals surface area (Å²) < 4.78 is 6.15. The summed E-state index contributed by atoms with van der Waals surface area (Å²) in [6, 6.07) is 12.6. The Kier molecular flexibility index (Phi) is 2.88. The number of furan rings is 1. The van der Waals surface area contributed by atoms with Crippen LogP contribution in [-0.4, -0.2) is 26.3 Å². The zero-order chi connectivity index (χ0) is 14.3. The molecule has 0 spiro atoms. The molecular formula is C15H16N2O3. The van der Waals surface area contributed by atoms with Crippen molar-refractivity contribution in [2.24, 2.45) is 0 Å². The van der Waals surface area contributed by atoms with Crippen molar-refractivity contribution in [3.63, 3.8) is 0 Å². The predicted octanol–water partition coefficient (Wildman–Crippen LogP) is 2.76. The fourth-order valence-corrected chi connectivity index (χ4v) is 2.63. The van der Waals surface area contributed by atoms with Crippen molar-refractivity contribution in [2.75, 3.05) is 0 Å². The lowest BCUT2D eigenvalue weighted by atomic mass is 9.97. The Morgan fingerprint density at radius 2 is 1.90 bits per heavy atom. The summed E-state index contributed by atoms with van der Waals surface area (Å²) in [7, 11) is 0. The van der Waals surface area contributed by atoms with Crippen LogP contribution >= 0.6 is 0 Å². The minimum absolute atomic E-state index is 0.416. The Morgan fingerprint density at radius 1 is 1.20 bits per heavy atom. The number of rotatable bonds is 2. The third kappa shape index (κ3) is 1.75. The minimum Gasteiger partial charge on any atom is -0.622 e. The molecule has 5 heteroatoms. The van der Waals surface area contributed by atoms with Crippen molar-refractivity contribution in [2.45, 2.75) is 25.6 Å². The van der Waals surface area contributed by atoms with Crippen LogP contribution in [0.5, 0.6) is 0 Å². The monoisotopic (exact) mass is 272 g/mol. The Bertz CT molecular complexity index is 632. The van der Waals surface area contributed by atoms with Gasteiger partial charge in [0.1, 0.15) is 5.54 Å². The normalized spacial score (nSPS) is 22.4. The molecule has 104 valence electrons. The Morgan fingerprint density at radius 3 is 2.50 bits per heavy atom. The van der Waals surface area contributed by atoms with E-state index < -0.39 is 11.7 Å². The molecular weight excluding hydrogens is 256 g/mol. The first kappa shape index (κ1) is 12.9. The molecule has 5 nitrogen and oxygen atoms in total. The first-order valence-corrected chi connectivity index (χ1v) is 6.44. The van der Waals surface area contributed by atoms with Crippen LogP contribution in [0, 0.1) is 5.21 Å². The van der Waals surface area contributed by atoms with E-state index in [0.29, 0.717) is 11.5 Å². The van der Waals surface area contributed by atoms with Crippen molar-refractivity contribution in [1.82, 2.24) is 5.06 Å². The average molecular weight is 272 g/mol. The second-order valence-corrected chi connectivity index (χ2v) is 5.34. The highest BCUT2D eigenvalue weighted by atomic mass is 16.5. The first-order valence-electron chi connectivity index (χ1n) is 6.44.